The molecule has 2 aliphatic heterocycles. The first-order valence-corrected chi connectivity index (χ1v) is 9.60. The van der Waals surface area contributed by atoms with Crippen LogP contribution < -0.4 is 10.2 Å². The summed E-state index contributed by atoms with van der Waals surface area (Å²) in [6, 6.07) is 17.8. The number of fused-ring (bicyclic) bond motifs is 1. The maximum atomic E-state index is 13.0. The Bertz CT molecular complexity index is 896. The number of carbonyl (C=O) groups excluding carboxylic acids is 3. The second-order valence-electron chi connectivity index (χ2n) is 7.34. The minimum absolute atomic E-state index is 0.0589. The zero-order chi connectivity index (χ0) is 19.7. The Morgan fingerprint density at radius 1 is 1.00 bits per heavy atom. The highest BCUT2D eigenvalue weighted by Crippen LogP contribution is 2.39. The van der Waals surface area contributed by atoms with Crippen LogP contribution in [0.25, 0.3) is 0 Å². The molecule has 1 fully saturated rings. The number of para-hydroxylation sites is 2. The number of rotatable bonds is 4. The van der Waals surface area contributed by atoms with Gasteiger partial charge in [-0.25, -0.2) is 0 Å². The van der Waals surface area contributed by atoms with E-state index < -0.39 is 0 Å². The van der Waals surface area contributed by atoms with Gasteiger partial charge >= 0.3 is 0 Å². The van der Waals surface area contributed by atoms with Crippen molar-refractivity contribution in [3.05, 3.63) is 60.2 Å². The van der Waals surface area contributed by atoms with Gasteiger partial charge in [0.15, 0.2) is 0 Å². The van der Waals surface area contributed by atoms with Gasteiger partial charge in [-0.15, -0.1) is 0 Å². The van der Waals surface area contributed by atoms with E-state index in [-0.39, 0.29) is 49.2 Å². The van der Waals surface area contributed by atoms with Gasteiger partial charge in [-0.2, -0.15) is 0 Å². The largest absolute Gasteiger partial charge is 0.378 e. The van der Waals surface area contributed by atoms with Crippen LogP contribution in [0.5, 0.6) is 0 Å². The molecule has 2 aromatic carbocycles. The third kappa shape index (κ3) is 3.38. The summed E-state index contributed by atoms with van der Waals surface area (Å²) < 4.78 is 0. The zero-order valence-electron chi connectivity index (χ0n) is 15.8. The van der Waals surface area contributed by atoms with Crippen molar-refractivity contribution in [3.63, 3.8) is 0 Å². The monoisotopic (exact) mass is 377 g/mol. The number of carbonyl (C=O) groups is 3. The smallest absolute Gasteiger partial charge is 0.247 e. The van der Waals surface area contributed by atoms with Crippen molar-refractivity contribution in [3.8, 4) is 0 Å². The molecule has 0 unspecified atom stereocenters. The summed E-state index contributed by atoms with van der Waals surface area (Å²) in [5, 5.41) is 3.56. The minimum Gasteiger partial charge on any atom is -0.378 e. The molecule has 3 amide bonds. The van der Waals surface area contributed by atoms with E-state index >= 15 is 0 Å². The molecule has 0 spiro atoms. The lowest BCUT2D eigenvalue weighted by Crippen LogP contribution is -2.49. The van der Waals surface area contributed by atoms with Crippen LogP contribution in [-0.2, 0) is 14.4 Å². The summed E-state index contributed by atoms with van der Waals surface area (Å²) in [6.45, 7) is 1.81. The second kappa shape index (κ2) is 7.46. The summed E-state index contributed by atoms with van der Waals surface area (Å²) in [5.41, 5.74) is 2.90. The molecule has 28 heavy (non-hydrogen) atoms. The van der Waals surface area contributed by atoms with E-state index in [4.69, 9.17) is 0 Å². The van der Waals surface area contributed by atoms with Crippen LogP contribution in [0.3, 0.4) is 0 Å². The van der Waals surface area contributed by atoms with Crippen LogP contribution in [0.4, 0.5) is 11.4 Å². The normalized spacial score (nSPS) is 21.6. The molecule has 0 saturated carbocycles. The number of nitrogens with zero attached hydrogens (tertiary/aromatic N) is 2. The third-order valence-corrected chi connectivity index (χ3v) is 5.42. The molecule has 1 N–H and O–H groups in total. The predicted octanol–water partition coefficient (Wildman–Crippen LogP) is 3.11. The summed E-state index contributed by atoms with van der Waals surface area (Å²) in [7, 11) is 0. The van der Waals surface area contributed by atoms with Crippen LogP contribution in [-0.4, -0.2) is 35.2 Å². The van der Waals surface area contributed by atoms with Gasteiger partial charge in [-0.3, -0.25) is 19.3 Å². The summed E-state index contributed by atoms with van der Waals surface area (Å²) in [6.07, 6.45) is 1.13. The van der Waals surface area contributed by atoms with E-state index in [1.807, 2.05) is 61.5 Å². The second-order valence-corrected chi connectivity index (χ2v) is 7.34. The van der Waals surface area contributed by atoms with Crippen LogP contribution in [0.2, 0.25) is 0 Å². The van der Waals surface area contributed by atoms with Gasteiger partial charge in [0.2, 0.25) is 17.7 Å². The van der Waals surface area contributed by atoms with E-state index in [1.54, 1.807) is 4.90 Å². The lowest BCUT2D eigenvalue weighted by atomic mass is 9.91. The van der Waals surface area contributed by atoms with Crippen molar-refractivity contribution < 1.29 is 14.4 Å². The lowest BCUT2D eigenvalue weighted by molar-refractivity contribution is -0.141. The Morgan fingerprint density at radius 3 is 2.36 bits per heavy atom. The fraction of sp³-hybridized carbons (Fsp3) is 0.318. The number of anilines is 2. The van der Waals surface area contributed by atoms with E-state index in [2.05, 4.69) is 5.32 Å². The standard InChI is InChI=1S/C22H23N3O3/c1-15-13-18(23-16-7-3-2-4-8-16)17-9-5-6-10-19(17)25(15)22(28)14-24-20(26)11-12-21(24)27/h2-10,15,18,23H,11-14H2,1H3/t15-,18-/m0/s1. The number of imide groups is 1. The maximum Gasteiger partial charge on any atom is 0.247 e. The van der Waals surface area contributed by atoms with E-state index in [9.17, 15) is 14.4 Å². The minimum atomic E-state index is -0.264. The summed E-state index contributed by atoms with van der Waals surface area (Å²) in [4.78, 5) is 39.7. The number of hydrogen-bond donors (Lipinski definition) is 1. The molecule has 2 atom stereocenters. The van der Waals surface area contributed by atoms with Gasteiger partial charge in [0.1, 0.15) is 6.54 Å². The number of nitrogens with one attached hydrogen (secondary N) is 1. The first kappa shape index (κ1) is 18.2. The fourth-order valence-electron chi connectivity index (χ4n) is 4.08. The third-order valence-electron chi connectivity index (χ3n) is 5.42. The van der Waals surface area contributed by atoms with Crippen LogP contribution in [0.15, 0.2) is 54.6 Å². The van der Waals surface area contributed by atoms with Gasteiger partial charge in [0, 0.05) is 30.3 Å². The highest BCUT2D eigenvalue weighted by molar-refractivity contribution is 6.07. The maximum absolute atomic E-state index is 13.0. The summed E-state index contributed by atoms with van der Waals surface area (Å²) >= 11 is 0. The number of hydrogen-bond acceptors (Lipinski definition) is 4. The lowest BCUT2D eigenvalue weighted by Gasteiger charge is -2.40. The van der Waals surface area contributed by atoms with Crippen molar-refractivity contribution in [2.24, 2.45) is 0 Å². The molecule has 0 bridgehead atoms. The Kier molecular flexibility index (Phi) is 4.86. The van der Waals surface area contributed by atoms with Gasteiger partial charge in [-0.1, -0.05) is 36.4 Å². The van der Waals surface area contributed by atoms with E-state index in [0.29, 0.717) is 0 Å². The first-order valence-electron chi connectivity index (χ1n) is 9.60. The molecule has 4 rings (SSSR count). The molecule has 2 heterocycles. The zero-order valence-corrected chi connectivity index (χ0v) is 15.8. The molecule has 0 aliphatic carbocycles. The highest BCUT2D eigenvalue weighted by Gasteiger charge is 2.37. The fourth-order valence-corrected chi connectivity index (χ4v) is 4.08. The first-order chi connectivity index (χ1) is 13.5. The van der Waals surface area contributed by atoms with E-state index in [1.165, 1.54) is 0 Å². The van der Waals surface area contributed by atoms with Gasteiger partial charge in [-0.05, 0) is 37.1 Å². The number of benzene rings is 2. The molecule has 6 nitrogen and oxygen atoms in total. The van der Waals surface area contributed by atoms with Gasteiger partial charge in [0.05, 0.1) is 6.04 Å². The van der Waals surface area contributed by atoms with Crippen molar-refractivity contribution in [1.82, 2.24) is 4.90 Å². The quantitative estimate of drug-likeness (QED) is 0.831. The highest BCUT2D eigenvalue weighted by atomic mass is 16.2. The molecular formula is C22H23N3O3. The number of likely N-dealkylation sites (tertiary alicyclic amines) is 1. The van der Waals surface area contributed by atoms with Crippen molar-refractivity contribution in [2.45, 2.75) is 38.3 Å². The molecule has 1 saturated heterocycles. The molecule has 0 radical (unpaired) electrons. The molecule has 0 aromatic heterocycles. The summed E-state index contributed by atoms with van der Waals surface area (Å²) in [5.74, 6) is -0.749. The van der Waals surface area contributed by atoms with Crippen molar-refractivity contribution in [1.29, 1.82) is 0 Å². The van der Waals surface area contributed by atoms with Crippen LogP contribution in [0, 0.1) is 0 Å². The van der Waals surface area contributed by atoms with Gasteiger partial charge in [0.25, 0.3) is 0 Å². The average molecular weight is 377 g/mol. The molecule has 2 aliphatic rings. The van der Waals surface area contributed by atoms with Crippen LogP contribution in [0.1, 0.15) is 37.8 Å². The van der Waals surface area contributed by atoms with Crippen molar-refractivity contribution in [2.75, 3.05) is 16.8 Å². The molecule has 6 heteroatoms. The Labute approximate surface area is 164 Å². The Balaban J connectivity index is 1.60. The Morgan fingerprint density at radius 2 is 1.64 bits per heavy atom. The number of amides is 3. The topological polar surface area (TPSA) is 69.7 Å². The van der Waals surface area contributed by atoms with E-state index in [0.717, 1.165) is 28.3 Å². The molecule has 144 valence electrons. The predicted molar refractivity (Wildman–Crippen MR) is 107 cm³/mol. The molecule has 2 aromatic rings. The van der Waals surface area contributed by atoms with Crippen molar-refractivity contribution >= 4 is 29.1 Å². The SMILES string of the molecule is C[C@H]1C[C@H](Nc2ccccc2)c2ccccc2N1C(=O)CN1C(=O)CCC1=O. The average Bonchev–Trinajstić information content (AvgIpc) is 3.01. The van der Waals surface area contributed by atoms with Crippen LogP contribution >= 0.6 is 0 Å². The van der Waals surface area contributed by atoms with Gasteiger partial charge < -0.3 is 10.2 Å². The molecular weight excluding hydrogens is 354 g/mol. The Hall–Kier alpha value is -3.15.